The van der Waals surface area contributed by atoms with Crippen LogP contribution in [0, 0.1) is 0 Å². The zero-order chi connectivity index (χ0) is 14.3. The Bertz CT molecular complexity index is 442. The van der Waals surface area contributed by atoms with Crippen molar-refractivity contribution in [3.8, 4) is 0 Å². The van der Waals surface area contributed by atoms with Gasteiger partial charge in [0.1, 0.15) is 0 Å². The smallest absolute Gasteiger partial charge is 0.243 e. The van der Waals surface area contributed by atoms with Gasteiger partial charge in [0.25, 0.3) is 0 Å². The molecule has 2 amide bonds. The molecular formula is C15H22N2O2. The van der Waals surface area contributed by atoms with Crippen molar-refractivity contribution in [2.45, 2.75) is 39.5 Å². The zero-order valence-electron chi connectivity index (χ0n) is 11.8. The van der Waals surface area contributed by atoms with Gasteiger partial charge in [0.15, 0.2) is 0 Å². The lowest BCUT2D eigenvalue weighted by molar-refractivity contribution is -0.124. The maximum absolute atomic E-state index is 11.8. The highest BCUT2D eigenvalue weighted by Gasteiger charge is 2.09. The average molecular weight is 262 g/mol. The molecule has 0 saturated heterocycles. The molecule has 1 aromatic rings. The SMILES string of the molecule is CCCC(=O)NCC(=O)Nc1ccccc1C(C)C. The van der Waals surface area contributed by atoms with Gasteiger partial charge in [-0.3, -0.25) is 9.59 Å². The van der Waals surface area contributed by atoms with Gasteiger partial charge < -0.3 is 10.6 Å². The largest absolute Gasteiger partial charge is 0.347 e. The lowest BCUT2D eigenvalue weighted by Crippen LogP contribution is -2.32. The Kier molecular flexibility index (Phi) is 6.06. The van der Waals surface area contributed by atoms with Crippen molar-refractivity contribution in [2.75, 3.05) is 11.9 Å². The van der Waals surface area contributed by atoms with Crippen LogP contribution in [-0.4, -0.2) is 18.4 Å². The summed E-state index contributed by atoms with van der Waals surface area (Å²) in [5, 5.41) is 5.44. The molecular weight excluding hydrogens is 240 g/mol. The fourth-order valence-electron chi connectivity index (χ4n) is 1.80. The maximum Gasteiger partial charge on any atom is 0.243 e. The van der Waals surface area contributed by atoms with E-state index >= 15 is 0 Å². The summed E-state index contributed by atoms with van der Waals surface area (Å²) >= 11 is 0. The number of amides is 2. The fourth-order valence-corrected chi connectivity index (χ4v) is 1.80. The quantitative estimate of drug-likeness (QED) is 0.828. The van der Waals surface area contributed by atoms with E-state index in [-0.39, 0.29) is 18.4 Å². The number of carbonyl (C=O) groups is 2. The highest BCUT2D eigenvalue weighted by Crippen LogP contribution is 2.23. The average Bonchev–Trinajstić information content (AvgIpc) is 2.37. The van der Waals surface area contributed by atoms with E-state index in [1.54, 1.807) is 0 Å². The van der Waals surface area contributed by atoms with Crippen molar-refractivity contribution in [1.82, 2.24) is 5.32 Å². The monoisotopic (exact) mass is 262 g/mol. The van der Waals surface area contributed by atoms with Gasteiger partial charge >= 0.3 is 0 Å². The second kappa shape index (κ2) is 7.56. The van der Waals surface area contributed by atoms with E-state index in [2.05, 4.69) is 24.5 Å². The van der Waals surface area contributed by atoms with E-state index in [0.717, 1.165) is 17.7 Å². The van der Waals surface area contributed by atoms with Crippen LogP contribution in [-0.2, 0) is 9.59 Å². The second-order valence-corrected chi connectivity index (χ2v) is 4.82. The van der Waals surface area contributed by atoms with E-state index in [1.807, 2.05) is 31.2 Å². The van der Waals surface area contributed by atoms with Crippen LogP contribution in [0.2, 0.25) is 0 Å². The third-order valence-corrected chi connectivity index (χ3v) is 2.78. The Balaban J connectivity index is 2.55. The maximum atomic E-state index is 11.8. The Morgan fingerprint density at radius 3 is 2.47 bits per heavy atom. The predicted molar refractivity (Wildman–Crippen MR) is 77.1 cm³/mol. The summed E-state index contributed by atoms with van der Waals surface area (Å²) in [5.74, 6) is 0.0542. The summed E-state index contributed by atoms with van der Waals surface area (Å²) in [6.45, 7) is 6.10. The number of carbonyl (C=O) groups excluding carboxylic acids is 2. The van der Waals surface area contributed by atoms with Gasteiger partial charge in [0.05, 0.1) is 6.54 Å². The van der Waals surface area contributed by atoms with Gasteiger partial charge in [-0.05, 0) is 24.0 Å². The summed E-state index contributed by atoms with van der Waals surface area (Å²) in [6, 6.07) is 7.71. The standard InChI is InChI=1S/C15H22N2O2/c1-4-7-14(18)16-10-15(19)17-13-9-6-5-8-12(13)11(2)3/h5-6,8-9,11H,4,7,10H2,1-3H3,(H,16,18)(H,17,19). The van der Waals surface area contributed by atoms with Crippen molar-refractivity contribution < 1.29 is 9.59 Å². The van der Waals surface area contributed by atoms with Crippen LogP contribution < -0.4 is 10.6 Å². The first kappa shape index (κ1) is 15.2. The van der Waals surface area contributed by atoms with E-state index in [9.17, 15) is 9.59 Å². The third kappa shape index (κ3) is 5.12. The van der Waals surface area contributed by atoms with Crippen LogP contribution in [0.15, 0.2) is 24.3 Å². The first-order chi connectivity index (χ1) is 9.04. The lowest BCUT2D eigenvalue weighted by atomic mass is 10.0. The molecule has 0 aliphatic carbocycles. The highest BCUT2D eigenvalue weighted by molar-refractivity contribution is 5.95. The van der Waals surface area contributed by atoms with Crippen molar-refractivity contribution in [1.29, 1.82) is 0 Å². The Morgan fingerprint density at radius 2 is 1.84 bits per heavy atom. The molecule has 0 spiro atoms. The Labute approximate surface area is 114 Å². The highest BCUT2D eigenvalue weighted by atomic mass is 16.2. The molecule has 19 heavy (non-hydrogen) atoms. The topological polar surface area (TPSA) is 58.2 Å². The Hall–Kier alpha value is -1.84. The summed E-state index contributed by atoms with van der Waals surface area (Å²) in [6.07, 6.45) is 1.24. The van der Waals surface area contributed by atoms with E-state index < -0.39 is 0 Å². The van der Waals surface area contributed by atoms with Gasteiger partial charge in [-0.2, -0.15) is 0 Å². The summed E-state index contributed by atoms with van der Waals surface area (Å²) in [4.78, 5) is 23.1. The van der Waals surface area contributed by atoms with Crippen LogP contribution in [0.4, 0.5) is 5.69 Å². The van der Waals surface area contributed by atoms with Crippen molar-refractivity contribution >= 4 is 17.5 Å². The number of nitrogens with one attached hydrogen (secondary N) is 2. The normalized spacial score (nSPS) is 10.3. The minimum absolute atomic E-state index is 0.0191. The van der Waals surface area contributed by atoms with E-state index in [1.165, 1.54) is 0 Å². The van der Waals surface area contributed by atoms with Crippen molar-refractivity contribution in [3.63, 3.8) is 0 Å². The molecule has 4 heteroatoms. The summed E-state index contributed by atoms with van der Waals surface area (Å²) in [5.41, 5.74) is 1.91. The number of para-hydroxylation sites is 1. The van der Waals surface area contributed by atoms with Crippen molar-refractivity contribution in [3.05, 3.63) is 29.8 Å². The van der Waals surface area contributed by atoms with Crippen LogP contribution in [0.25, 0.3) is 0 Å². The molecule has 2 N–H and O–H groups in total. The van der Waals surface area contributed by atoms with Crippen molar-refractivity contribution in [2.24, 2.45) is 0 Å². The lowest BCUT2D eigenvalue weighted by Gasteiger charge is -2.13. The number of hydrogen-bond donors (Lipinski definition) is 2. The second-order valence-electron chi connectivity index (χ2n) is 4.82. The fraction of sp³-hybridized carbons (Fsp3) is 0.467. The molecule has 0 radical (unpaired) electrons. The van der Waals surface area contributed by atoms with E-state index in [4.69, 9.17) is 0 Å². The van der Waals surface area contributed by atoms with Crippen LogP contribution >= 0.6 is 0 Å². The third-order valence-electron chi connectivity index (χ3n) is 2.78. The molecule has 0 unspecified atom stereocenters. The summed E-state index contributed by atoms with van der Waals surface area (Å²) in [7, 11) is 0. The van der Waals surface area contributed by atoms with Gasteiger partial charge in [-0.1, -0.05) is 39.0 Å². The van der Waals surface area contributed by atoms with Gasteiger partial charge in [0, 0.05) is 12.1 Å². The van der Waals surface area contributed by atoms with Gasteiger partial charge in [-0.25, -0.2) is 0 Å². The first-order valence-corrected chi connectivity index (χ1v) is 6.70. The molecule has 1 rings (SSSR count). The molecule has 0 fully saturated rings. The minimum atomic E-state index is -0.197. The van der Waals surface area contributed by atoms with Crippen LogP contribution in [0.5, 0.6) is 0 Å². The summed E-state index contributed by atoms with van der Waals surface area (Å²) < 4.78 is 0. The number of benzene rings is 1. The minimum Gasteiger partial charge on any atom is -0.347 e. The molecule has 0 aliphatic heterocycles. The van der Waals surface area contributed by atoms with Gasteiger partial charge in [-0.15, -0.1) is 0 Å². The molecule has 1 aromatic carbocycles. The molecule has 0 saturated carbocycles. The van der Waals surface area contributed by atoms with E-state index in [0.29, 0.717) is 12.3 Å². The number of anilines is 1. The predicted octanol–water partition coefficient (Wildman–Crippen LogP) is 2.66. The first-order valence-electron chi connectivity index (χ1n) is 6.70. The molecule has 4 nitrogen and oxygen atoms in total. The number of rotatable bonds is 6. The molecule has 0 bridgehead atoms. The van der Waals surface area contributed by atoms with Crippen LogP contribution in [0.1, 0.15) is 45.1 Å². The molecule has 0 aliphatic rings. The molecule has 0 atom stereocenters. The Morgan fingerprint density at radius 1 is 1.16 bits per heavy atom. The molecule has 0 aromatic heterocycles. The molecule has 0 heterocycles. The molecule has 104 valence electrons. The number of hydrogen-bond acceptors (Lipinski definition) is 2. The van der Waals surface area contributed by atoms with Gasteiger partial charge in [0.2, 0.25) is 11.8 Å². The van der Waals surface area contributed by atoms with Crippen LogP contribution in [0.3, 0.4) is 0 Å². The zero-order valence-corrected chi connectivity index (χ0v) is 11.8.